The maximum atomic E-state index is 10.6. The number of aliphatic hydroxyl groups is 1. The van der Waals surface area contributed by atoms with Crippen molar-refractivity contribution in [3.8, 4) is 23.1 Å². The molecule has 0 aliphatic rings. The Balaban J connectivity index is 1.99. The number of methoxy groups -OCH3 is 1. The molecule has 3 aromatic rings. The molecule has 182 valence electrons. The van der Waals surface area contributed by atoms with Gasteiger partial charge in [-0.2, -0.15) is 5.10 Å². The van der Waals surface area contributed by atoms with Gasteiger partial charge in [-0.05, 0) is 68.6 Å². The van der Waals surface area contributed by atoms with E-state index in [4.69, 9.17) is 14.6 Å². The molecule has 0 amide bonds. The normalized spacial score (nSPS) is 12.0. The lowest BCUT2D eigenvalue weighted by atomic mass is 10.1. The van der Waals surface area contributed by atoms with Crippen LogP contribution in [0.15, 0.2) is 67.3 Å². The molecule has 6 nitrogen and oxygen atoms in total. The average molecular weight is 464 g/mol. The second-order valence-corrected chi connectivity index (χ2v) is 8.36. The summed E-state index contributed by atoms with van der Waals surface area (Å²) >= 11 is 0. The topological polar surface area (TPSA) is 59.8 Å². The molecule has 34 heavy (non-hydrogen) atoms. The van der Waals surface area contributed by atoms with Crippen LogP contribution in [0.1, 0.15) is 44.4 Å². The van der Waals surface area contributed by atoms with E-state index in [1.165, 1.54) is 0 Å². The second-order valence-electron chi connectivity index (χ2n) is 8.36. The molecule has 0 bridgehead atoms. The van der Waals surface area contributed by atoms with Crippen LogP contribution in [0.3, 0.4) is 0 Å². The number of aliphatic hydroxyl groups excluding tert-OH is 1. The standard InChI is InChI=1S/C28H37N3O3/c1-5-8-14-23(32)20-30(19-6-2)21-26-27(7-3)29-31(22-12-10-9-11-13-22)28(26)34-25-17-15-24(33-4)16-18-25/h5,9-13,15-18,23,32H,1,6-8,14,19-21H2,2-4H3/t23-/m1/s1. The van der Waals surface area contributed by atoms with Crippen molar-refractivity contribution in [2.75, 3.05) is 20.2 Å². The van der Waals surface area contributed by atoms with E-state index in [1.807, 2.05) is 65.4 Å². The summed E-state index contributed by atoms with van der Waals surface area (Å²) in [5, 5.41) is 15.5. The molecule has 2 aromatic carbocycles. The first-order valence-electron chi connectivity index (χ1n) is 12.1. The fourth-order valence-corrected chi connectivity index (χ4v) is 4.00. The van der Waals surface area contributed by atoms with E-state index < -0.39 is 6.10 Å². The summed E-state index contributed by atoms with van der Waals surface area (Å²) in [6.07, 6.45) is 4.75. The highest BCUT2D eigenvalue weighted by Gasteiger charge is 2.23. The van der Waals surface area contributed by atoms with Gasteiger partial charge in [-0.1, -0.05) is 38.1 Å². The molecule has 1 N–H and O–H groups in total. The molecule has 0 fully saturated rings. The van der Waals surface area contributed by atoms with E-state index in [0.717, 1.165) is 54.3 Å². The second kappa shape index (κ2) is 13.0. The number of aryl methyl sites for hydroxylation is 1. The quantitative estimate of drug-likeness (QED) is 0.307. The van der Waals surface area contributed by atoms with Crippen molar-refractivity contribution >= 4 is 0 Å². The van der Waals surface area contributed by atoms with Gasteiger partial charge in [0, 0.05) is 13.1 Å². The summed E-state index contributed by atoms with van der Waals surface area (Å²) in [5.41, 5.74) is 2.99. The van der Waals surface area contributed by atoms with Crippen LogP contribution in [0.25, 0.3) is 5.69 Å². The van der Waals surface area contributed by atoms with E-state index >= 15 is 0 Å². The van der Waals surface area contributed by atoms with Crippen LogP contribution in [0, 0.1) is 0 Å². The van der Waals surface area contributed by atoms with E-state index in [-0.39, 0.29) is 0 Å². The van der Waals surface area contributed by atoms with Gasteiger partial charge in [-0.15, -0.1) is 6.58 Å². The smallest absolute Gasteiger partial charge is 0.227 e. The van der Waals surface area contributed by atoms with Gasteiger partial charge in [-0.3, -0.25) is 4.90 Å². The van der Waals surface area contributed by atoms with Gasteiger partial charge in [0.2, 0.25) is 5.88 Å². The van der Waals surface area contributed by atoms with E-state index in [1.54, 1.807) is 7.11 Å². The lowest BCUT2D eigenvalue weighted by molar-refractivity contribution is 0.102. The Morgan fingerprint density at radius 1 is 1.09 bits per heavy atom. The predicted octanol–water partition coefficient (Wildman–Crippen LogP) is 5.77. The van der Waals surface area contributed by atoms with Crippen LogP contribution in [0.5, 0.6) is 17.4 Å². The summed E-state index contributed by atoms with van der Waals surface area (Å²) in [7, 11) is 1.65. The summed E-state index contributed by atoms with van der Waals surface area (Å²) in [4.78, 5) is 2.29. The maximum Gasteiger partial charge on any atom is 0.227 e. The molecule has 1 aromatic heterocycles. The summed E-state index contributed by atoms with van der Waals surface area (Å²) < 4.78 is 13.6. The van der Waals surface area contributed by atoms with E-state index in [0.29, 0.717) is 25.4 Å². The zero-order valence-electron chi connectivity index (χ0n) is 20.6. The highest BCUT2D eigenvalue weighted by atomic mass is 16.5. The minimum atomic E-state index is -0.398. The Morgan fingerprint density at radius 3 is 2.41 bits per heavy atom. The summed E-state index contributed by atoms with van der Waals surface area (Å²) in [5.74, 6) is 2.20. The van der Waals surface area contributed by atoms with Crippen LogP contribution in [0.4, 0.5) is 0 Å². The van der Waals surface area contributed by atoms with Gasteiger partial charge in [0.15, 0.2) is 0 Å². The molecule has 0 aliphatic heterocycles. The lowest BCUT2D eigenvalue weighted by Gasteiger charge is -2.25. The van der Waals surface area contributed by atoms with Crippen LogP contribution < -0.4 is 9.47 Å². The van der Waals surface area contributed by atoms with E-state index in [9.17, 15) is 5.11 Å². The summed E-state index contributed by atoms with van der Waals surface area (Å²) in [6, 6.07) is 17.6. The molecule has 1 heterocycles. The van der Waals surface area contributed by atoms with Gasteiger partial charge in [0.1, 0.15) is 11.5 Å². The molecule has 0 saturated carbocycles. The Morgan fingerprint density at radius 2 is 1.79 bits per heavy atom. The van der Waals surface area contributed by atoms with E-state index in [2.05, 4.69) is 25.3 Å². The number of hydrogen-bond acceptors (Lipinski definition) is 5. The molecular formula is C28H37N3O3. The third-order valence-electron chi connectivity index (χ3n) is 5.72. The van der Waals surface area contributed by atoms with Gasteiger partial charge >= 0.3 is 0 Å². The molecule has 0 unspecified atom stereocenters. The number of benzene rings is 2. The Bertz CT molecular complexity index is 1020. The third-order valence-corrected chi connectivity index (χ3v) is 5.72. The third kappa shape index (κ3) is 6.72. The van der Waals surface area contributed by atoms with Crippen molar-refractivity contribution in [2.24, 2.45) is 0 Å². The van der Waals surface area contributed by atoms with Crippen molar-refractivity contribution in [1.29, 1.82) is 0 Å². The molecule has 1 atom stereocenters. The minimum absolute atomic E-state index is 0.398. The first-order chi connectivity index (χ1) is 16.6. The number of para-hydroxylation sites is 1. The fourth-order valence-electron chi connectivity index (χ4n) is 4.00. The molecule has 3 rings (SSSR count). The molecule has 6 heteroatoms. The number of ether oxygens (including phenoxy) is 2. The zero-order valence-corrected chi connectivity index (χ0v) is 20.6. The number of aromatic nitrogens is 2. The molecule has 0 spiro atoms. The lowest BCUT2D eigenvalue weighted by Crippen LogP contribution is -2.33. The maximum absolute atomic E-state index is 10.6. The first-order valence-corrected chi connectivity index (χ1v) is 12.1. The Hall–Kier alpha value is -3.09. The zero-order chi connectivity index (χ0) is 24.3. The van der Waals surface area contributed by atoms with Crippen LogP contribution in [-0.2, 0) is 13.0 Å². The Labute approximate surface area is 203 Å². The van der Waals surface area contributed by atoms with Gasteiger partial charge in [0.05, 0.1) is 30.2 Å². The van der Waals surface area contributed by atoms with Crippen molar-refractivity contribution < 1.29 is 14.6 Å². The SMILES string of the molecule is C=CCC[C@@H](O)CN(CCC)Cc1c(CC)nn(-c2ccccc2)c1Oc1ccc(OC)cc1. The minimum Gasteiger partial charge on any atom is -0.497 e. The average Bonchev–Trinajstić information content (AvgIpc) is 3.20. The molecule has 0 aliphatic carbocycles. The number of nitrogens with zero attached hydrogens (tertiary/aromatic N) is 3. The van der Waals surface area contributed by atoms with Gasteiger partial charge in [0.25, 0.3) is 0 Å². The highest BCUT2D eigenvalue weighted by molar-refractivity contribution is 5.44. The van der Waals surface area contributed by atoms with Gasteiger partial charge < -0.3 is 14.6 Å². The Kier molecular flexibility index (Phi) is 9.74. The van der Waals surface area contributed by atoms with Crippen LogP contribution in [-0.4, -0.2) is 46.1 Å². The van der Waals surface area contributed by atoms with Crippen molar-refractivity contribution in [1.82, 2.24) is 14.7 Å². The van der Waals surface area contributed by atoms with Crippen LogP contribution in [0.2, 0.25) is 0 Å². The highest BCUT2D eigenvalue weighted by Crippen LogP contribution is 2.33. The summed E-state index contributed by atoms with van der Waals surface area (Å²) in [6.45, 7) is 10.2. The van der Waals surface area contributed by atoms with Crippen molar-refractivity contribution in [3.05, 3.63) is 78.5 Å². The number of allylic oxidation sites excluding steroid dienone is 1. The molecule has 0 radical (unpaired) electrons. The molecular weight excluding hydrogens is 426 g/mol. The fraction of sp³-hybridized carbons (Fsp3) is 0.393. The van der Waals surface area contributed by atoms with Crippen LogP contribution >= 0.6 is 0 Å². The van der Waals surface area contributed by atoms with Crippen molar-refractivity contribution in [2.45, 2.75) is 52.2 Å². The first kappa shape index (κ1) is 25.5. The molecule has 0 saturated heterocycles. The monoisotopic (exact) mass is 463 g/mol. The predicted molar refractivity (Wildman–Crippen MR) is 137 cm³/mol. The van der Waals surface area contributed by atoms with Gasteiger partial charge in [-0.25, -0.2) is 4.68 Å². The largest absolute Gasteiger partial charge is 0.497 e. The number of hydrogen-bond donors (Lipinski definition) is 1. The number of rotatable bonds is 14. The van der Waals surface area contributed by atoms with Crippen molar-refractivity contribution in [3.63, 3.8) is 0 Å².